The van der Waals surface area contributed by atoms with Crippen molar-refractivity contribution in [1.82, 2.24) is 19.1 Å². The third kappa shape index (κ3) is 6.03. The highest BCUT2D eigenvalue weighted by molar-refractivity contribution is 6.10. The van der Waals surface area contributed by atoms with Crippen LogP contribution >= 0.6 is 0 Å². The van der Waals surface area contributed by atoms with E-state index in [1.807, 2.05) is 12.4 Å². The minimum atomic E-state index is 0.863. The van der Waals surface area contributed by atoms with Gasteiger partial charge in [0, 0.05) is 44.0 Å². The molecule has 3 heterocycles. The summed E-state index contributed by atoms with van der Waals surface area (Å²) in [7, 11) is 0. The van der Waals surface area contributed by atoms with Gasteiger partial charge in [-0.2, -0.15) is 0 Å². The average Bonchev–Trinajstić information content (AvgIpc) is 3.81. The van der Waals surface area contributed by atoms with E-state index < -0.39 is 0 Å². The molecule has 0 radical (unpaired) electrons. The van der Waals surface area contributed by atoms with Crippen LogP contribution in [-0.2, 0) is 12.8 Å². The van der Waals surface area contributed by atoms with E-state index in [0.29, 0.717) is 0 Å². The highest BCUT2D eigenvalue weighted by atomic mass is 15.0. The summed E-state index contributed by atoms with van der Waals surface area (Å²) in [5.41, 5.74) is 16.2. The topological polar surface area (TPSA) is 35.6 Å². The average molecular weight is 743 g/mol. The van der Waals surface area contributed by atoms with Crippen LogP contribution in [0.25, 0.3) is 77.5 Å². The molecule has 58 heavy (non-hydrogen) atoms. The van der Waals surface area contributed by atoms with Crippen LogP contribution in [0.2, 0.25) is 0 Å². The molecule has 0 fully saturated rings. The highest BCUT2D eigenvalue weighted by Gasteiger charge is 2.13. The summed E-state index contributed by atoms with van der Waals surface area (Å²) in [5, 5.41) is 5.12. The van der Waals surface area contributed by atoms with Gasteiger partial charge in [0.05, 0.1) is 45.8 Å². The number of hydrogen-bond donors (Lipinski definition) is 0. The molecule has 0 unspecified atom stereocenters. The Morgan fingerprint density at radius 1 is 0.293 bits per heavy atom. The second-order valence-electron chi connectivity index (χ2n) is 15.1. The van der Waals surface area contributed by atoms with Gasteiger partial charge in [0.1, 0.15) is 0 Å². The lowest BCUT2D eigenvalue weighted by Crippen LogP contribution is -1.95. The van der Waals surface area contributed by atoms with Gasteiger partial charge in [-0.05, 0) is 83.6 Å². The minimum absolute atomic E-state index is 0.863. The lowest BCUT2D eigenvalue weighted by molar-refractivity contribution is 1.14. The number of hydrogen-bond acceptors (Lipinski definition) is 2. The van der Waals surface area contributed by atoms with Crippen molar-refractivity contribution in [3.8, 4) is 33.9 Å². The summed E-state index contributed by atoms with van der Waals surface area (Å²) in [6.07, 6.45) is 5.49. The molecule has 3 aromatic heterocycles. The Morgan fingerprint density at radius 2 is 0.569 bits per heavy atom. The fraction of sp³-hybridized carbons (Fsp3) is 0.0370. The maximum atomic E-state index is 4.81. The fourth-order valence-electron chi connectivity index (χ4n) is 8.61. The molecular formula is C54H38N4. The standard InChI is InChI=1S/C54H38N4/c1-5-13-51-45(9-1)46-10-2-6-14-52(46)57(51)43-29-21-39(22-30-43)33-37-17-25-41(26-18-37)49-35-56-50(36-55-49)42-27-19-38(20-28-42)34-40-23-31-44(32-24-40)58-53-15-7-3-11-47(53)48-12-4-8-16-54(48)58/h1-32,35-36H,33-34H2. The van der Waals surface area contributed by atoms with Gasteiger partial charge in [0.15, 0.2) is 0 Å². The maximum absolute atomic E-state index is 4.81. The minimum Gasteiger partial charge on any atom is -0.309 e. The van der Waals surface area contributed by atoms with Crippen LogP contribution in [0, 0.1) is 0 Å². The van der Waals surface area contributed by atoms with Crippen molar-refractivity contribution in [1.29, 1.82) is 0 Å². The lowest BCUT2D eigenvalue weighted by Gasteiger charge is -2.10. The summed E-state index contributed by atoms with van der Waals surface area (Å²) >= 11 is 0. The van der Waals surface area contributed by atoms with Crippen molar-refractivity contribution in [2.24, 2.45) is 0 Å². The summed E-state index contributed by atoms with van der Waals surface area (Å²) in [4.78, 5) is 9.61. The van der Waals surface area contributed by atoms with E-state index in [1.54, 1.807) is 0 Å². The molecule has 11 aromatic rings. The Bertz CT molecular complexity index is 2900. The number of fused-ring (bicyclic) bond motifs is 6. The Balaban J connectivity index is 0.745. The van der Waals surface area contributed by atoms with Crippen molar-refractivity contribution in [2.45, 2.75) is 12.8 Å². The van der Waals surface area contributed by atoms with Crippen molar-refractivity contribution < 1.29 is 0 Å². The van der Waals surface area contributed by atoms with Gasteiger partial charge in [-0.25, -0.2) is 0 Å². The van der Waals surface area contributed by atoms with Crippen LogP contribution in [0.5, 0.6) is 0 Å². The zero-order valence-corrected chi connectivity index (χ0v) is 31.8. The van der Waals surface area contributed by atoms with Crippen molar-refractivity contribution in [3.05, 3.63) is 229 Å². The molecule has 0 aliphatic heterocycles. The number of rotatable bonds is 8. The van der Waals surface area contributed by atoms with Gasteiger partial charge in [-0.15, -0.1) is 0 Å². The first-order valence-corrected chi connectivity index (χ1v) is 19.9. The van der Waals surface area contributed by atoms with Crippen LogP contribution in [0.4, 0.5) is 0 Å². The summed E-state index contributed by atoms with van der Waals surface area (Å²) in [6, 6.07) is 69.9. The second-order valence-corrected chi connectivity index (χ2v) is 15.1. The first-order chi connectivity index (χ1) is 28.7. The third-order valence-electron chi connectivity index (χ3n) is 11.5. The number of benzene rings is 8. The van der Waals surface area contributed by atoms with E-state index in [0.717, 1.165) is 35.4 Å². The molecule has 0 spiro atoms. The molecule has 11 rings (SSSR count). The van der Waals surface area contributed by atoms with E-state index in [2.05, 4.69) is 203 Å². The smallest absolute Gasteiger partial charge is 0.0885 e. The van der Waals surface area contributed by atoms with Gasteiger partial charge >= 0.3 is 0 Å². The largest absolute Gasteiger partial charge is 0.309 e. The van der Waals surface area contributed by atoms with Crippen LogP contribution in [0.15, 0.2) is 207 Å². The van der Waals surface area contributed by atoms with Gasteiger partial charge in [-0.1, -0.05) is 146 Å². The monoisotopic (exact) mass is 742 g/mol. The van der Waals surface area contributed by atoms with Gasteiger partial charge in [0.2, 0.25) is 0 Å². The molecule has 4 heteroatoms. The van der Waals surface area contributed by atoms with Crippen molar-refractivity contribution in [2.75, 3.05) is 0 Å². The zero-order valence-electron chi connectivity index (χ0n) is 31.8. The third-order valence-corrected chi connectivity index (χ3v) is 11.5. The molecule has 0 saturated heterocycles. The molecular weight excluding hydrogens is 705 g/mol. The quantitative estimate of drug-likeness (QED) is 0.155. The Morgan fingerprint density at radius 3 is 0.862 bits per heavy atom. The molecule has 0 N–H and O–H groups in total. The molecule has 0 aliphatic rings. The first kappa shape index (κ1) is 33.8. The van der Waals surface area contributed by atoms with Crippen LogP contribution in [-0.4, -0.2) is 19.1 Å². The summed E-state index contributed by atoms with van der Waals surface area (Å²) < 4.78 is 4.72. The molecule has 0 bridgehead atoms. The van der Waals surface area contributed by atoms with E-state index in [-0.39, 0.29) is 0 Å². The van der Waals surface area contributed by atoms with E-state index >= 15 is 0 Å². The van der Waals surface area contributed by atoms with E-state index in [1.165, 1.54) is 77.2 Å². The lowest BCUT2D eigenvalue weighted by atomic mass is 10.0. The molecule has 0 saturated carbocycles. The SMILES string of the molecule is c1ccc2c(c1)c1ccccc1n2-c1ccc(Cc2ccc(-c3cnc(-c4ccc(Cc5ccc(-n6c7ccccc7c7ccccc76)cc5)cc4)cn3)cc2)cc1. The number of para-hydroxylation sites is 4. The van der Waals surface area contributed by atoms with Gasteiger partial charge in [-0.3, -0.25) is 9.97 Å². The van der Waals surface area contributed by atoms with Crippen molar-refractivity contribution >= 4 is 43.6 Å². The molecule has 0 amide bonds. The Kier molecular flexibility index (Phi) is 8.25. The Hall–Kier alpha value is -7.56. The van der Waals surface area contributed by atoms with Gasteiger partial charge < -0.3 is 9.13 Å². The molecule has 0 atom stereocenters. The Labute approximate surface area is 337 Å². The van der Waals surface area contributed by atoms with Crippen LogP contribution in [0.3, 0.4) is 0 Å². The summed E-state index contributed by atoms with van der Waals surface area (Å²) in [5.74, 6) is 0. The maximum Gasteiger partial charge on any atom is 0.0885 e. The normalized spacial score (nSPS) is 11.6. The molecule has 274 valence electrons. The highest BCUT2D eigenvalue weighted by Crippen LogP contribution is 2.34. The fourth-order valence-corrected chi connectivity index (χ4v) is 8.61. The number of nitrogens with zero attached hydrogens (tertiary/aromatic N) is 4. The number of aromatic nitrogens is 4. The van der Waals surface area contributed by atoms with Crippen molar-refractivity contribution in [3.63, 3.8) is 0 Å². The molecule has 4 nitrogen and oxygen atoms in total. The van der Waals surface area contributed by atoms with Crippen LogP contribution < -0.4 is 0 Å². The molecule has 0 aliphatic carbocycles. The zero-order chi connectivity index (χ0) is 38.4. The first-order valence-electron chi connectivity index (χ1n) is 19.9. The predicted octanol–water partition coefficient (Wildman–Crippen LogP) is 13.2. The van der Waals surface area contributed by atoms with E-state index in [9.17, 15) is 0 Å². The molecule has 8 aromatic carbocycles. The van der Waals surface area contributed by atoms with Crippen LogP contribution in [0.1, 0.15) is 22.3 Å². The second kappa shape index (κ2) is 14.2. The van der Waals surface area contributed by atoms with E-state index in [4.69, 9.17) is 9.97 Å². The predicted molar refractivity (Wildman–Crippen MR) is 240 cm³/mol. The summed E-state index contributed by atoms with van der Waals surface area (Å²) in [6.45, 7) is 0. The van der Waals surface area contributed by atoms with Gasteiger partial charge in [0.25, 0.3) is 0 Å².